The third kappa shape index (κ3) is 36.2. The maximum atomic E-state index is 11.8. The molecule has 0 fully saturated rings. The Hall–Kier alpha value is 1.68. The van der Waals surface area contributed by atoms with E-state index in [0.717, 1.165) is 16.7 Å². The number of aryl methyl sites for hydroxylation is 2. The second-order valence-corrected chi connectivity index (χ2v) is 62.0. The third-order valence-corrected chi connectivity index (χ3v) is 3.94. The summed E-state index contributed by atoms with van der Waals surface area (Å²) in [4.78, 5) is 44.0. The molecule has 240 valence electrons. The molecule has 0 N–H and O–H groups in total. The average Bonchev–Trinajstić information content (AvgIpc) is 2.77. The molecule has 2 aromatic rings. The zero-order valence-corrected chi connectivity index (χ0v) is 39.8. The van der Waals surface area contributed by atoms with E-state index in [2.05, 4.69) is 97.2 Å². The molecule has 6 nitrogen and oxygen atoms in total. The Bertz CT molecular complexity index is 1100. The molecule has 0 unspecified atom stereocenters. The first kappa shape index (κ1) is 48.1. The number of rotatable bonds is 4. The van der Waals surface area contributed by atoms with Crippen molar-refractivity contribution in [2.24, 2.45) is 0 Å². The van der Waals surface area contributed by atoms with Gasteiger partial charge in [0.15, 0.2) is 11.6 Å². The summed E-state index contributed by atoms with van der Waals surface area (Å²) < 4.78 is 9.90. The van der Waals surface area contributed by atoms with Gasteiger partial charge in [0.2, 0.25) is 0 Å². The SMILES string of the molecule is CC(=O)OC(C)(C)C.CC(=O)c1cccc(C)c1.Cc1cccc(C(=O)CC(=O)OC(C)(C)C)c1.I[I-]I.[I][V]([I])[I]. The van der Waals surface area contributed by atoms with Gasteiger partial charge in [-0.3, -0.25) is 19.2 Å². The molecule has 0 saturated carbocycles. The van der Waals surface area contributed by atoms with Crippen LogP contribution in [-0.4, -0.2) is 34.7 Å². The summed E-state index contributed by atoms with van der Waals surface area (Å²) in [5.74, 6) is -0.784. The Morgan fingerprint density at radius 2 is 1.10 bits per heavy atom. The number of hydrogen-bond donors (Lipinski definition) is 0. The average molecular weight is 1300 g/mol. The Labute approximate surface area is 319 Å². The van der Waals surface area contributed by atoms with E-state index in [-0.39, 0.29) is 34.5 Å². The van der Waals surface area contributed by atoms with Gasteiger partial charge in [-0.2, -0.15) is 0 Å². The number of ether oxygens (including phenoxy) is 2. The molecule has 0 radical (unpaired) electrons. The van der Waals surface area contributed by atoms with E-state index in [9.17, 15) is 19.2 Å². The first-order valence-corrected chi connectivity index (χ1v) is 38.4. The summed E-state index contributed by atoms with van der Waals surface area (Å²) in [7, 11) is 0. The van der Waals surface area contributed by atoms with Crippen LogP contribution < -0.4 is 13.3 Å². The Kier molecular flexibility index (Phi) is 30.6. The summed E-state index contributed by atoms with van der Waals surface area (Å²) in [6.45, 7) is 17.7. The van der Waals surface area contributed by atoms with E-state index < -0.39 is 11.6 Å². The molecular weight excluding hydrogens is 1260 g/mol. The fraction of sp³-hybridized carbons (Fsp3) is 0.448. The molecule has 0 aliphatic carbocycles. The van der Waals surface area contributed by atoms with Crippen molar-refractivity contribution in [3.8, 4) is 0 Å². The van der Waals surface area contributed by atoms with Crippen molar-refractivity contribution in [2.45, 2.75) is 86.9 Å². The Morgan fingerprint density at radius 3 is 1.36 bits per heavy atom. The van der Waals surface area contributed by atoms with Crippen molar-refractivity contribution in [1.29, 1.82) is 0 Å². The fourth-order valence-electron chi connectivity index (χ4n) is 2.72. The molecule has 2 aromatic carbocycles. The van der Waals surface area contributed by atoms with Crippen molar-refractivity contribution in [3.05, 3.63) is 70.8 Å². The van der Waals surface area contributed by atoms with Gasteiger partial charge in [-0.1, -0.05) is 47.5 Å². The first-order valence-electron chi connectivity index (χ1n) is 12.3. The van der Waals surface area contributed by atoms with Gasteiger partial charge in [0.1, 0.15) is 17.6 Å². The summed E-state index contributed by atoms with van der Waals surface area (Å²) in [6, 6.07) is 14.8. The van der Waals surface area contributed by atoms with Gasteiger partial charge in [0, 0.05) is 18.1 Å². The molecule has 0 aromatic heterocycles. The van der Waals surface area contributed by atoms with Crippen molar-refractivity contribution in [1.82, 2.24) is 0 Å². The number of hydrogen-bond acceptors (Lipinski definition) is 6. The van der Waals surface area contributed by atoms with Gasteiger partial charge >= 0.3 is 127 Å². The molecule has 0 atom stereocenters. The maximum absolute atomic E-state index is 11.8. The van der Waals surface area contributed by atoms with Crippen LogP contribution in [0, 0.1) is 13.8 Å². The zero-order valence-electron chi connectivity index (χ0n) is 25.5. The van der Waals surface area contributed by atoms with E-state index in [1.165, 1.54) is 6.92 Å². The third-order valence-electron chi connectivity index (χ3n) is 3.94. The molecule has 0 spiro atoms. The van der Waals surface area contributed by atoms with Gasteiger partial charge in [-0.05, 0) is 74.4 Å². The number of benzene rings is 2. The van der Waals surface area contributed by atoms with Crippen molar-refractivity contribution in [2.75, 3.05) is 0 Å². The van der Waals surface area contributed by atoms with Gasteiger partial charge in [0.05, 0.1) is 0 Å². The number of carbonyl (C=O) groups is 4. The van der Waals surface area contributed by atoms with Crippen LogP contribution in [0.5, 0.6) is 0 Å². The number of ketones is 2. The van der Waals surface area contributed by atoms with Gasteiger partial charge in [0.25, 0.3) is 0 Å². The second kappa shape index (κ2) is 26.7. The van der Waals surface area contributed by atoms with Crippen molar-refractivity contribution < 1.29 is 46.8 Å². The molecule has 0 amide bonds. The summed E-state index contributed by atoms with van der Waals surface area (Å²) in [6.07, 6.45) is -0.208. The first-order chi connectivity index (χ1) is 19.0. The predicted molar refractivity (Wildman–Crippen MR) is 209 cm³/mol. The molecule has 0 saturated heterocycles. The molecule has 2 rings (SSSR count). The number of halogens is 6. The standard InChI is InChI=1S/C14H18O3.C9H10O.C6H12O2.I3.3HI.V/c1-10-6-5-7-11(8-10)12(15)9-13(16)17-14(2,3)4;1-7-4-3-5-9(6-7)8(2)10;1-5(7)8-6(2,3)4;1-3-2;;;;/h5-8H,9H2,1-4H3;3-6H,1-2H3;1-4H3;;3*1H;/q;;;-1;;;;+3/p-3. The second-order valence-electron chi connectivity index (χ2n) is 10.4. The molecule has 0 aliphatic rings. The van der Waals surface area contributed by atoms with Crippen LogP contribution in [0.4, 0.5) is 0 Å². The molecule has 0 aliphatic heterocycles. The van der Waals surface area contributed by atoms with Crippen LogP contribution in [0.1, 0.15) is 93.7 Å². The quantitative estimate of drug-likeness (QED) is 0.134. The van der Waals surface area contributed by atoms with Gasteiger partial charge in [-0.25, -0.2) is 0 Å². The fourth-order valence-corrected chi connectivity index (χ4v) is 2.72. The molecule has 42 heavy (non-hydrogen) atoms. The Morgan fingerprint density at radius 1 is 0.738 bits per heavy atom. The summed E-state index contributed by atoms with van der Waals surface area (Å²) in [5.41, 5.74) is 2.60. The van der Waals surface area contributed by atoms with E-state index in [0.29, 0.717) is 18.8 Å². The number of carbonyl (C=O) groups excluding carboxylic acids is 4. The summed E-state index contributed by atoms with van der Waals surface area (Å²) >= 11 is 12.7. The Balaban J connectivity index is -0.000000518. The van der Waals surface area contributed by atoms with Crippen molar-refractivity contribution >= 4 is 121 Å². The molecule has 0 bridgehead atoms. The van der Waals surface area contributed by atoms with Crippen LogP contribution >= 0.6 is 97.2 Å². The van der Waals surface area contributed by atoms with Crippen LogP contribution in [0.15, 0.2) is 48.5 Å². The minimum atomic E-state index is -0.552. The predicted octanol–water partition coefficient (Wildman–Crippen LogP) is 7.89. The van der Waals surface area contributed by atoms with E-state index in [1.807, 2.05) is 65.0 Å². The summed E-state index contributed by atoms with van der Waals surface area (Å²) in [5, 5.41) is 0. The van der Waals surface area contributed by atoms with Crippen LogP contribution in [-0.2, 0) is 24.0 Å². The number of esters is 2. The molecular formula is C29H40I6O6V-. The van der Waals surface area contributed by atoms with E-state index >= 15 is 0 Å². The van der Waals surface area contributed by atoms with Crippen molar-refractivity contribution in [3.63, 3.8) is 0 Å². The normalized spacial score (nSPS) is 10.2. The topological polar surface area (TPSA) is 86.7 Å². The van der Waals surface area contributed by atoms with E-state index in [1.54, 1.807) is 45.9 Å². The van der Waals surface area contributed by atoms with Gasteiger partial charge in [-0.15, -0.1) is 0 Å². The van der Waals surface area contributed by atoms with E-state index in [4.69, 9.17) is 9.47 Å². The number of Topliss-reactive ketones (excluding diaryl/α,β-unsaturated/α-hetero) is 2. The van der Waals surface area contributed by atoms with Crippen LogP contribution in [0.2, 0.25) is 0 Å². The van der Waals surface area contributed by atoms with Crippen LogP contribution in [0.25, 0.3) is 0 Å². The van der Waals surface area contributed by atoms with Crippen LogP contribution in [0.3, 0.4) is 0 Å². The monoisotopic (exact) mass is 1300 g/mol. The minimum absolute atomic E-state index is 0.128. The molecule has 0 heterocycles. The van der Waals surface area contributed by atoms with Gasteiger partial charge < -0.3 is 9.47 Å². The zero-order chi connectivity index (χ0) is 33.7. The molecule has 13 heteroatoms.